The Bertz CT molecular complexity index is 1440. The van der Waals surface area contributed by atoms with Crippen LogP contribution < -0.4 is 9.64 Å². The van der Waals surface area contributed by atoms with Gasteiger partial charge in [-0.15, -0.1) is 10.2 Å². The summed E-state index contributed by atoms with van der Waals surface area (Å²) < 4.78 is 22.4. The number of ether oxygens (including phenoxy) is 1. The molecule has 0 unspecified atom stereocenters. The van der Waals surface area contributed by atoms with E-state index in [2.05, 4.69) is 33.9 Å². The van der Waals surface area contributed by atoms with E-state index in [1.54, 1.807) is 6.07 Å². The molecule has 1 fully saturated rings. The van der Waals surface area contributed by atoms with Crippen molar-refractivity contribution in [3.63, 3.8) is 0 Å². The number of para-hydroxylation sites is 1. The number of halogens is 1. The number of aryl methyl sites for hydroxylation is 1. The summed E-state index contributed by atoms with van der Waals surface area (Å²) in [6, 6.07) is 10.7. The zero-order valence-electron chi connectivity index (χ0n) is 18.0. The molecule has 0 saturated heterocycles. The van der Waals surface area contributed by atoms with Gasteiger partial charge in [0, 0.05) is 17.3 Å². The van der Waals surface area contributed by atoms with Crippen molar-refractivity contribution in [3.8, 4) is 17.6 Å². The third kappa shape index (κ3) is 3.06. The highest BCUT2D eigenvalue weighted by atomic mass is 19.1. The molecule has 6 rings (SSSR count). The van der Waals surface area contributed by atoms with Gasteiger partial charge in [-0.3, -0.25) is 4.40 Å². The van der Waals surface area contributed by atoms with Crippen molar-refractivity contribution in [3.05, 3.63) is 53.6 Å². The number of fused-ring (bicyclic) bond motifs is 4. The molecule has 0 spiro atoms. The molecule has 0 N–H and O–H groups in total. The van der Waals surface area contributed by atoms with Crippen molar-refractivity contribution < 1.29 is 9.13 Å². The topological polar surface area (TPSA) is 55.5 Å². The number of hydrogen-bond acceptors (Lipinski definition) is 5. The summed E-state index contributed by atoms with van der Waals surface area (Å²) in [7, 11) is 0. The van der Waals surface area contributed by atoms with Crippen LogP contribution in [0.5, 0.6) is 5.75 Å². The van der Waals surface area contributed by atoms with E-state index in [9.17, 15) is 4.39 Å². The van der Waals surface area contributed by atoms with Gasteiger partial charge in [0.2, 0.25) is 0 Å². The second-order valence-electron chi connectivity index (χ2n) is 8.80. The van der Waals surface area contributed by atoms with E-state index in [1.807, 2.05) is 29.5 Å². The molecule has 3 heterocycles. The summed E-state index contributed by atoms with van der Waals surface area (Å²) in [5.41, 5.74) is 2.70. The number of aromatic nitrogens is 4. The Morgan fingerprint density at radius 3 is 2.88 bits per heavy atom. The minimum absolute atomic E-state index is 0.124. The lowest BCUT2D eigenvalue weighted by Crippen LogP contribution is -2.20. The average Bonchev–Trinajstić information content (AvgIpc) is 3.47. The number of rotatable bonds is 1. The predicted octanol–water partition coefficient (Wildman–Crippen LogP) is 4.80. The predicted molar refractivity (Wildman–Crippen MR) is 121 cm³/mol. The van der Waals surface area contributed by atoms with Crippen LogP contribution in [-0.4, -0.2) is 32.7 Å². The molecular formula is C25H22FN5O. The normalized spacial score (nSPS) is 16.8. The molecule has 0 amide bonds. The molecule has 160 valence electrons. The van der Waals surface area contributed by atoms with Gasteiger partial charge in [0.25, 0.3) is 5.78 Å². The zero-order valence-corrected chi connectivity index (χ0v) is 18.0. The van der Waals surface area contributed by atoms with Gasteiger partial charge in [0.1, 0.15) is 17.5 Å². The van der Waals surface area contributed by atoms with Crippen molar-refractivity contribution in [2.24, 2.45) is 5.41 Å². The summed E-state index contributed by atoms with van der Waals surface area (Å²) in [5.74, 6) is 9.03. The van der Waals surface area contributed by atoms with Crippen LogP contribution in [0.3, 0.4) is 0 Å². The van der Waals surface area contributed by atoms with Gasteiger partial charge >= 0.3 is 0 Å². The number of benzene rings is 2. The maximum Gasteiger partial charge on any atom is 0.257 e. The van der Waals surface area contributed by atoms with E-state index in [1.165, 1.54) is 12.1 Å². The first-order valence-corrected chi connectivity index (χ1v) is 10.9. The van der Waals surface area contributed by atoms with Crippen molar-refractivity contribution in [1.29, 1.82) is 0 Å². The van der Waals surface area contributed by atoms with Crippen molar-refractivity contribution >= 4 is 28.2 Å². The Morgan fingerprint density at radius 1 is 1.16 bits per heavy atom. The summed E-state index contributed by atoms with van der Waals surface area (Å²) in [5, 5.41) is 9.12. The molecule has 0 radical (unpaired) electrons. The monoisotopic (exact) mass is 427 g/mol. The van der Waals surface area contributed by atoms with Crippen LogP contribution in [-0.2, 0) is 0 Å². The second kappa shape index (κ2) is 6.92. The molecule has 0 bridgehead atoms. The molecule has 2 aromatic heterocycles. The van der Waals surface area contributed by atoms with Crippen LogP contribution in [0.4, 0.5) is 15.9 Å². The minimum atomic E-state index is -0.311. The van der Waals surface area contributed by atoms with E-state index in [-0.39, 0.29) is 11.2 Å². The molecular weight excluding hydrogens is 405 g/mol. The lowest BCUT2D eigenvalue weighted by molar-refractivity contribution is 0.322. The van der Waals surface area contributed by atoms with Gasteiger partial charge in [0.05, 0.1) is 23.4 Å². The molecule has 4 aromatic rings. The van der Waals surface area contributed by atoms with Crippen LogP contribution in [0.2, 0.25) is 0 Å². The smallest absolute Gasteiger partial charge is 0.257 e. The third-order valence-electron chi connectivity index (χ3n) is 6.27. The lowest BCUT2D eigenvalue weighted by atomic mass is 10.1. The first-order chi connectivity index (χ1) is 15.5. The van der Waals surface area contributed by atoms with Gasteiger partial charge in [0.15, 0.2) is 5.75 Å². The van der Waals surface area contributed by atoms with Gasteiger partial charge in [-0.05, 0) is 63.4 Å². The van der Waals surface area contributed by atoms with Gasteiger partial charge in [-0.25, -0.2) is 4.39 Å². The van der Waals surface area contributed by atoms with E-state index >= 15 is 0 Å². The van der Waals surface area contributed by atoms with E-state index in [0.717, 1.165) is 41.8 Å². The quantitative estimate of drug-likeness (QED) is 0.409. The van der Waals surface area contributed by atoms with Crippen molar-refractivity contribution in [2.45, 2.75) is 33.1 Å². The number of anilines is 2. The van der Waals surface area contributed by atoms with Crippen molar-refractivity contribution in [1.82, 2.24) is 19.6 Å². The van der Waals surface area contributed by atoms with Crippen LogP contribution in [0.25, 0.3) is 16.7 Å². The second-order valence-corrected chi connectivity index (χ2v) is 8.80. The highest BCUT2D eigenvalue weighted by Gasteiger charge is 2.35. The summed E-state index contributed by atoms with van der Waals surface area (Å²) in [6.45, 7) is 5.32. The van der Waals surface area contributed by atoms with Crippen LogP contribution in [0.15, 0.2) is 36.4 Å². The Kier molecular flexibility index (Phi) is 4.12. The van der Waals surface area contributed by atoms with Crippen LogP contribution >= 0.6 is 0 Å². The van der Waals surface area contributed by atoms with Crippen LogP contribution in [0.1, 0.15) is 37.6 Å². The van der Waals surface area contributed by atoms with E-state index in [4.69, 9.17) is 9.72 Å². The standard InChI is InChI=1S/C25H22FN5O/c1-16-28-29-24-27-23(19-15-18(26)7-8-20(19)31(16)24)30-13-4-14-32-22-17(5-3-6-21(22)30)9-10-25(2)11-12-25/h3,5-8,15H,4,11-14H2,1-2H3. The molecule has 1 saturated carbocycles. The summed E-state index contributed by atoms with van der Waals surface area (Å²) >= 11 is 0. The number of hydrogen-bond donors (Lipinski definition) is 0. The summed E-state index contributed by atoms with van der Waals surface area (Å²) in [6.07, 6.45) is 3.08. The minimum Gasteiger partial charge on any atom is -0.490 e. The Balaban J connectivity index is 1.58. The molecule has 0 atom stereocenters. The Labute approximate surface area is 185 Å². The van der Waals surface area contributed by atoms with Crippen molar-refractivity contribution in [2.75, 3.05) is 18.1 Å². The van der Waals surface area contributed by atoms with Gasteiger partial charge < -0.3 is 9.64 Å². The van der Waals surface area contributed by atoms with Gasteiger partial charge in [-0.2, -0.15) is 4.98 Å². The molecule has 1 aliphatic carbocycles. The first-order valence-electron chi connectivity index (χ1n) is 10.9. The fourth-order valence-electron chi connectivity index (χ4n) is 4.20. The molecule has 7 heteroatoms. The maximum absolute atomic E-state index is 14.3. The zero-order chi connectivity index (χ0) is 21.9. The number of nitrogens with zero attached hydrogens (tertiary/aromatic N) is 5. The SMILES string of the molecule is Cc1nnc2nc(N3CCCOc4c(C#CC5(C)CC5)cccc43)c3cc(F)ccc3n12. The van der Waals surface area contributed by atoms with Crippen LogP contribution in [0, 0.1) is 30.0 Å². The van der Waals surface area contributed by atoms with E-state index in [0.29, 0.717) is 36.0 Å². The largest absolute Gasteiger partial charge is 0.490 e. The molecule has 2 aromatic carbocycles. The first kappa shape index (κ1) is 19.1. The maximum atomic E-state index is 14.3. The molecule has 1 aliphatic heterocycles. The molecule has 6 nitrogen and oxygen atoms in total. The highest BCUT2D eigenvalue weighted by molar-refractivity contribution is 5.94. The van der Waals surface area contributed by atoms with E-state index < -0.39 is 0 Å². The molecule has 2 aliphatic rings. The third-order valence-corrected chi connectivity index (χ3v) is 6.27. The van der Waals surface area contributed by atoms with Gasteiger partial charge in [-0.1, -0.05) is 17.9 Å². The summed E-state index contributed by atoms with van der Waals surface area (Å²) in [4.78, 5) is 6.91. The molecule has 32 heavy (non-hydrogen) atoms. The Morgan fingerprint density at radius 2 is 2.03 bits per heavy atom. The average molecular weight is 427 g/mol. The lowest BCUT2D eigenvalue weighted by Gasteiger charge is -2.25. The highest BCUT2D eigenvalue weighted by Crippen LogP contribution is 2.45. The Hall–Kier alpha value is -3.66. The fourth-order valence-corrected chi connectivity index (χ4v) is 4.20. The fraction of sp³-hybridized carbons (Fsp3) is 0.320.